The molecule has 0 radical (unpaired) electrons. The van der Waals surface area contributed by atoms with Crippen LogP contribution >= 0.6 is 11.6 Å². The number of aliphatic hydroxyl groups excluding tert-OH is 1. The van der Waals surface area contributed by atoms with Crippen molar-refractivity contribution >= 4 is 11.6 Å². The molecule has 28 heavy (non-hydrogen) atoms. The highest BCUT2D eigenvalue weighted by molar-refractivity contribution is 6.31. The SMILES string of the molecule is Cc1cc(OCC(O)Cn2nc(-c3ccccc3)oc2=O)c(C(C)C)cc1Cl. The first-order chi connectivity index (χ1) is 13.3. The van der Waals surface area contributed by atoms with E-state index in [0.717, 1.165) is 15.8 Å². The lowest BCUT2D eigenvalue weighted by Gasteiger charge is -2.18. The smallest absolute Gasteiger partial charge is 0.437 e. The summed E-state index contributed by atoms with van der Waals surface area (Å²) in [6, 6.07) is 12.9. The molecule has 3 rings (SSSR count). The van der Waals surface area contributed by atoms with E-state index in [0.29, 0.717) is 16.3 Å². The van der Waals surface area contributed by atoms with E-state index in [9.17, 15) is 9.90 Å². The van der Waals surface area contributed by atoms with Crippen LogP contribution < -0.4 is 10.5 Å². The third-order valence-corrected chi connectivity index (χ3v) is 4.76. The maximum absolute atomic E-state index is 12.0. The second-order valence-corrected chi connectivity index (χ2v) is 7.39. The molecule has 148 valence electrons. The van der Waals surface area contributed by atoms with E-state index in [1.807, 2.05) is 51.1 Å². The van der Waals surface area contributed by atoms with Gasteiger partial charge < -0.3 is 14.3 Å². The number of ether oxygens (including phenoxy) is 1. The zero-order valence-corrected chi connectivity index (χ0v) is 16.8. The van der Waals surface area contributed by atoms with E-state index in [4.69, 9.17) is 20.8 Å². The summed E-state index contributed by atoms with van der Waals surface area (Å²) >= 11 is 6.21. The lowest BCUT2D eigenvalue weighted by molar-refractivity contribution is 0.0869. The highest BCUT2D eigenvalue weighted by atomic mass is 35.5. The Morgan fingerprint density at radius 1 is 1.25 bits per heavy atom. The van der Waals surface area contributed by atoms with Gasteiger partial charge in [-0.05, 0) is 48.2 Å². The molecule has 0 aliphatic rings. The van der Waals surface area contributed by atoms with Crippen LogP contribution in [0.1, 0.15) is 30.9 Å². The molecular formula is C21H23ClN2O4. The Bertz CT molecular complexity index is 995. The molecule has 0 saturated carbocycles. The molecular weight excluding hydrogens is 380 g/mol. The van der Waals surface area contributed by atoms with Gasteiger partial charge in [0.25, 0.3) is 0 Å². The molecule has 1 N–H and O–H groups in total. The fourth-order valence-corrected chi connectivity index (χ4v) is 2.98. The predicted molar refractivity (Wildman–Crippen MR) is 108 cm³/mol. The predicted octanol–water partition coefficient (Wildman–Crippen LogP) is 4.03. The quantitative estimate of drug-likeness (QED) is 0.645. The summed E-state index contributed by atoms with van der Waals surface area (Å²) in [7, 11) is 0. The van der Waals surface area contributed by atoms with Crippen LogP contribution in [0.3, 0.4) is 0 Å². The lowest BCUT2D eigenvalue weighted by atomic mass is 10.0. The first-order valence-electron chi connectivity index (χ1n) is 9.09. The number of halogens is 1. The molecule has 1 aromatic heterocycles. The number of aryl methyl sites for hydroxylation is 1. The van der Waals surface area contributed by atoms with Gasteiger partial charge in [0.05, 0.1) is 6.54 Å². The molecule has 1 heterocycles. The van der Waals surface area contributed by atoms with Crippen LogP contribution in [0.5, 0.6) is 5.75 Å². The van der Waals surface area contributed by atoms with Crippen molar-refractivity contribution in [3.63, 3.8) is 0 Å². The number of hydrogen-bond donors (Lipinski definition) is 1. The number of benzene rings is 2. The zero-order valence-electron chi connectivity index (χ0n) is 16.1. The van der Waals surface area contributed by atoms with E-state index < -0.39 is 11.9 Å². The van der Waals surface area contributed by atoms with Crippen molar-refractivity contribution in [2.24, 2.45) is 0 Å². The van der Waals surface area contributed by atoms with E-state index in [1.165, 1.54) is 0 Å². The number of rotatable bonds is 7. The van der Waals surface area contributed by atoms with Crippen molar-refractivity contribution in [3.05, 3.63) is 69.2 Å². The minimum atomic E-state index is -0.928. The van der Waals surface area contributed by atoms with Crippen LogP contribution in [0.2, 0.25) is 5.02 Å². The third kappa shape index (κ3) is 4.64. The maximum Gasteiger partial charge on any atom is 0.437 e. The van der Waals surface area contributed by atoms with Crippen molar-refractivity contribution in [1.29, 1.82) is 0 Å². The Labute approximate surface area is 168 Å². The van der Waals surface area contributed by atoms with Gasteiger partial charge in [0.15, 0.2) is 0 Å². The van der Waals surface area contributed by atoms with Crippen LogP contribution in [0.25, 0.3) is 11.5 Å². The average Bonchev–Trinajstić information content (AvgIpc) is 3.03. The molecule has 0 aliphatic carbocycles. The molecule has 0 saturated heterocycles. The standard InChI is InChI=1S/C21H23ClN2O4/c1-13(2)17-10-18(22)14(3)9-19(17)27-12-16(25)11-24-21(26)28-20(23-24)15-7-5-4-6-8-15/h4-10,13,16,25H,11-12H2,1-3H3. The normalized spacial score (nSPS) is 12.4. The summed E-state index contributed by atoms with van der Waals surface area (Å²) in [5.41, 5.74) is 2.56. The molecule has 0 amide bonds. The first-order valence-corrected chi connectivity index (χ1v) is 9.47. The van der Waals surface area contributed by atoms with Crippen LogP contribution in [-0.4, -0.2) is 27.6 Å². The number of aliphatic hydroxyl groups is 1. The summed E-state index contributed by atoms with van der Waals surface area (Å²) in [5.74, 6) is 0.488. The minimum absolute atomic E-state index is 0.0146. The van der Waals surface area contributed by atoms with Gasteiger partial charge in [0.1, 0.15) is 18.5 Å². The van der Waals surface area contributed by atoms with Gasteiger partial charge in [-0.25, -0.2) is 4.79 Å². The molecule has 0 aliphatic heterocycles. The Morgan fingerprint density at radius 3 is 2.64 bits per heavy atom. The molecule has 0 spiro atoms. The van der Waals surface area contributed by atoms with E-state index in [2.05, 4.69) is 5.10 Å². The van der Waals surface area contributed by atoms with Gasteiger partial charge in [0, 0.05) is 10.6 Å². The summed E-state index contributed by atoms with van der Waals surface area (Å²) < 4.78 is 12.1. The van der Waals surface area contributed by atoms with Gasteiger partial charge in [-0.2, -0.15) is 4.68 Å². The van der Waals surface area contributed by atoms with Gasteiger partial charge in [-0.1, -0.05) is 43.6 Å². The van der Waals surface area contributed by atoms with Gasteiger partial charge in [-0.3, -0.25) is 0 Å². The number of aromatic nitrogens is 2. The highest BCUT2D eigenvalue weighted by Crippen LogP contribution is 2.32. The molecule has 1 atom stereocenters. The average molecular weight is 403 g/mol. The topological polar surface area (TPSA) is 77.5 Å². The molecule has 0 bridgehead atoms. The largest absolute Gasteiger partial charge is 0.491 e. The molecule has 0 fully saturated rings. The Morgan fingerprint density at radius 2 is 1.96 bits per heavy atom. The van der Waals surface area contributed by atoms with Crippen LogP contribution in [0.4, 0.5) is 0 Å². The lowest BCUT2D eigenvalue weighted by Crippen LogP contribution is -2.29. The molecule has 2 aromatic carbocycles. The maximum atomic E-state index is 12.0. The van der Waals surface area contributed by atoms with Gasteiger partial charge in [-0.15, -0.1) is 5.10 Å². The first kappa shape index (κ1) is 20.2. The van der Waals surface area contributed by atoms with Crippen LogP contribution in [-0.2, 0) is 6.54 Å². The van der Waals surface area contributed by atoms with Gasteiger partial charge >= 0.3 is 5.76 Å². The molecule has 1 unspecified atom stereocenters. The van der Waals surface area contributed by atoms with E-state index in [1.54, 1.807) is 12.1 Å². The summed E-state index contributed by atoms with van der Waals surface area (Å²) in [6.45, 7) is 5.98. The van der Waals surface area contributed by atoms with Crippen LogP contribution in [0, 0.1) is 6.92 Å². The Balaban J connectivity index is 1.69. The zero-order chi connectivity index (χ0) is 20.3. The van der Waals surface area contributed by atoms with Crippen molar-refractivity contribution in [2.45, 2.75) is 39.3 Å². The van der Waals surface area contributed by atoms with Gasteiger partial charge in [0.2, 0.25) is 5.89 Å². The minimum Gasteiger partial charge on any atom is -0.491 e. The van der Waals surface area contributed by atoms with E-state index >= 15 is 0 Å². The van der Waals surface area contributed by atoms with Crippen molar-refractivity contribution in [2.75, 3.05) is 6.61 Å². The molecule has 3 aromatic rings. The van der Waals surface area contributed by atoms with Crippen LogP contribution in [0.15, 0.2) is 51.7 Å². The Kier molecular flexibility index (Phi) is 6.21. The molecule has 6 nitrogen and oxygen atoms in total. The number of nitrogens with zero attached hydrogens (tertiary/aromatic N) is 2. The highest BCUT2D eigenvalue weighted by Gasteiger charge is 2.16. The summed E-state index contributed by atoms with van der Waals surface area (Å²) in [5, 5.41) is 15.2. The van der Waals surface area contributed by atoms with Crippen molar-refractivity contribution in [3.8, 4) is 17.2 Å². The molecule has 7 heteroatoms. The third-order valence-electron chi connectivity index (χ3n) is 4.35. The monoisotopic (exact) mass is 402 g/mol. The van der Waals surface area contributed by atoms with Crippen molar-refractivity contribution < 1.29 is 14.3 Å². The second-order valence-electron chi connectivity index (χ2n) is 6.98. The fourth-order valence-electron chi connectivity index (χ4n) is 2.80. The fraction of sp³-hybridized carbons (Fsp3) is 0.333. The van der Waals surface area contributed by atoms with E-state index in [-0.39, 0.29) is 25.0 Å². The van der Waals surface area contributed by atoms with Crippen molar-refractivity contribution in [1.82, 2.24) is 9.78 Å². The summed E-state index contributed by atoms with van der Waals surface area (Å²) in [4.78, 5) is 12.0. The Hall–Kier alpha value is -2.57. The summed E-state index contributed by atoms with van der Waals surface area (Å²) in [6.07, 6.45) is -0.928. The number of hydrogen-bond acceptors (Lipinski definition) is 5. The second kappa shape index (κ2) is 8.63.